The van der Waals surface area contributed by atoms with Gasteiger partial charge in [0.2, 0.25) is 5.91 Å². The van der Waals surface area contributed by atoms with Gasteiger partial charge in [-0.3, -0.25) is 4.79 Å². The lowest BCUT2D eigenvalue weighted by Crippen LogP contribution is -2.31. The molecule has 1 amide bonds. The van der Waals surface area contributed by atoms with Crippen LogP contribution in [0.4, 0.5) is 0 Å². The lowest BCUT2D eigenvalue weighted by atomic mass is 10.1. The molecule has 0 aliphatic heterocycles. The molecular weight excluding hydrogens is 390 g/mol. The molecule has 0 spiro atoms. The summed E-state index contributed by atoms with van der Waals surface area (Å²) in [5.74, 6) is -1.47. The molecule has 0 radical (unpaired) electrons. The first-order valence-corrected chi connectivity index (χ1v) is 11.5. The monoisotopic (exact) mass is 433 g/mol. The van der Waals surface area contributed by atoms with Crippen molar-refractivity contribution in [1.29, 1.82) is 0 Å². The molecule has 0 aliphatic carbocycles. The zero-order valence-electron chi connectivity index (χ0n) is 18.8. The van der Waals surface area contributed by atoms with E-state index in [0.29, 0.717) is 39.6 Å². The number of carboxylic acid groups (broad SMARTS) is 1. The van der Waals surface area contributed by atoms with E-state index in [-0.39, 0.29) is 12.5 Å². The van der Waals surface area contributed by atoms with Gasteiger partial charge in [0.05, 0.1) is 33.0 Å². The Morgan fingerprint density at radius 3 is 1.70 bits per heavy atom. The molecule has 0 heterocycles. The molecule has 0 fully saturated rings. The number of carbonyl (C=O) groups excluding carboxylic acids is 1. The van der Waals surface area contributed by atoms with Crippen molar-refractivity contribution in [3.8, 4) is 0 Å². The summed E-state index contributed by atoms with van der Waals surface area (Å²) in [5, 5.41) is 11.0. The van der Waals surface area contributed by atoms with Crippen molar-refractivity contribution in [1.82, 2.24) is 5.32 Å². The molecule has 2 N–H and O–H groups in total. The van der Waals surface area contributed by atoms with Crippen LogP contribution in [0, 0.1) is 0 Å². The van der Waals surface area contributed by atoms with E-state index in [1.54, 1.807) is 0 Å². The van der Waals surface area contributed by atoms with Gasteiger partial charge in [0, 0.05) is 13.2 Å². The number of unbranched alkanes of at least 4 members (excludes halogenated alkanes) is 9. The van der Waals surface area contributed by atoms with E-state index in [0.717, 1.165) is 13.0 Å². The third-order valence-corrected chi connectivity index (χ3v) is 4.41. The molecule has 30 heavy (non-hydrogen) atoms. The summed E-state index contributed by atoms with van der Waals surface area (Å²) in [6, 6.07) is 0. The van der Waals surface area contributed by atoms with E-state index in [1.807, 2.05) is 0 Å². The van der Waals surface area contributed by atoms with E-state index >= 15 is 0 Å². The SMILES string of the molecule is CCCCCCCCCCCCOCCOCCOCCNC(=O)COCC(=O)O. The fourth-order valence-corrected chi connectivity index (χ4v) is 2.78. The Morgan fingerprint density at radius 1 is 0.633 bits per heavy atom. The van der Waals surface area contributed by atoms with Crippen LogP contribution in [0.3, 0.4) is 0 Å². The van der Waals surface area contributed by atoms with Crippen molar-refractivity contribution in [2.24, 2.45) is 0 Å². The predicted molar refractivity (Wildman–Crippen MR) is 116 cm³/mol. The molecular formula is C22H43NO7. The summed E-state index contributed by atoms with van der Waals surface area (Å²) in [7, 11) is 0. The third-order valence-electron chi connectivity index (χ3n) is 4.41. The summed E-state index contributed by atoms with van der Waals surface area (Å²) in [6.45, 7) is 5.10. The summed E-state index contributed by atoms with van der Waals surface area (Å²) in [4.78, 5) is 21.5. The highest BCUT2D eigenvalue weighted by atomic mass is 16.5. The van der Waals surface area contributed by atoms with Crippen LogP contribution in [0.15, 0.2) is 0 Å². The maximum absolute atomic E-state index is 11.3. The fraction of sp³-hybridized carbons (Fsp3) is 0.909. The van der Waals surface area contributed by atoms with Gasteiger partial charge < -0.3 is 29.4 Å². The first kappa shape index (κ1) is 28.8. The molecule has 178 valence electrons. The molecule has 0 atom stereocenters. The second-order valence-corrected chi connectivity index (χ2v) is 7.26. The van der Waals surface area contributed by atoms with Crippen LogP contribution in [0.25, 0.3) is 0 Å². The van der Waals surface area contributed by atoms with Gasteiger partial charge >= 0.3 is 5.97 Å². The van der Waals surface area contributed by atoms with E-state index in [9.17, 15) is 9.59 Å². The van der Waals surface area contributed by atoms with Crippen LogP contribution >= 0.6 is 0 Å². The lowest BCUT2D eigenvalue weighted by molar-refractivity contribution is -0.143. The number of hydrogen-bond donors (Lipinski definition) is 2. The molecule has 0 saturated heterocycles. The number of nitrogens with one attached hydrogen (secondary N) is 1. The minimum absolute atomic E-state index is 0.269. The van der Waals surface area contributed by atoms with Gasteiger partial charge in [-0.05, 0) is 6.42 Å². The minimum atomic E-state index is -1.10. The highest BCUT2D eigenvalue weighted by Gasteiger charge is 2.03. The van der Waals surface area contributed by atoms with Gasteiger partial charge in [-0.25, -0.2) is 4.79 Å². The van der Waals surface area contributed by atoms with Crippen molar-refractivity contribution in [3.05, 3.63) is 0 Å². The Morgan fingerprint density at radius 2 is 1.13 bits per heavy atom. The average Bonchev–Trinajstić information content (AvgIpc) is 2.72. The number of rotatable bonds is 24. The lowest BCUT2D eigenvalue weighted by Gasteiger charge is -2.08. The Labute approximate surface area is 182 Å². The van der Waals surface area contributed by atoms with E-state index in [2.05, 4.69) is 17.0 Å². The number of aliphatic carboxylic acids is 1. The van der Waals surface area contributed by atoms with E-state index in [1.165, 1.54) is 57.8 Å². The molecule has 0 aromatic rings. The predicted octanol–water partition coefficient (Wildman–Crippen LogP) is 3.17. The van der Waals surface area contributed by atoms with E-state index < -0.39 is 12.6 Å². The molecule has 0 aliphatic rings. The number of carbonyl (C=O) groups is 2. The summed E-state index contributed by atoms with van der Waals surface area (Å²) >= 11 is 0. The largest absolute Gasteiger partial charge is 0.480 e. The first-order valence-electron chi connectivity index (χ1n) is 11.5. The van der Waals surface area contributed by atoms with Gasteiger partial charge in [0.1, 0.15) is 13.2 Å². The van der Waals surface area contributed by atoms with Gasteiger partial charge in [0.25, 0.3) is 0 Å². The first-order chi connectivity index (χ1) is 14.7. The normalized spacial score (nSPS) is 11.0. The number of hydrogen-bond acceptors (Lipinski definition) is 6. The Hall–Kier alpha value is -1.22. The Kier molecular flexibility index (Phi) is 23.1. The van der Waals surface area contributed by atoms with Crippen LogP contribution < -0.4 is 5.32 Å². The topological polar surface area (TPSA) is 103 Å². The molecule has 0 bridgehead atoms. The van der Waals surface area contributed by atoms with Gasteiger partial charge in [-0.1, -0.05) is 64.7 Å². The third kappa shape index (κ3) is 24.8. The smallest absolute Gasteiger partial charge is 0.329 e. The summed E-state index contributed by atoms with van der Waals surface area (Å²) in [5.41, 5.74) is 0. The van der Waals surface area contributed by atoms with Crippen LogP contribution in [-0.2, 0) is 28.5 Å². The van der Waals surface area contributed by atoms with Crippen LogP contribution in [0.5, 0.6) is 0 Å². The summed E-state index contributed by atoms with van der Waals surface area (Å²) in [6.07, 6.45) is 13.2. The fourth-order valence-electron chi connectivity index (χ4n) is 2.78. The highest BCUT2D eigenvalue weighted by molar-refractivity contribution is 5.77. The highest BCUT2D eigenvalue weighted by Crippen LogP contribution is 2.10. The minimum Gasteiger partial charge on any atom is -0.480 e. The molecule has 8 heteroatoms. The quantitative estimate of drug-likeness (QED) is 0.225. The zero-order valence-corrected chi connectivity index (χ0v) is 18.8. The maximum Gasteiger partial charge on any atom is 0.329 e. The number of amides is 1. The molecule has 0 unspecified atom stereocenters. The van der Waals surface area contributed by atoms with Crippen LogP contribution in [-0.4, -0.2) is 76.4 Å². The molecule has 0 aromatic carbocycles. The maximum atomic E-state index is 11.3. The second kappa shape index (κ2) is 24.1. The average molecular weight is 434 g/mol. The molecule has 8 nitrogen and oxygen atoms in total. The van der Waals surface area contributed by atoms with Crippen molar-refractivity contribution in [2.45, 2.75) is 71.1 Å². The van der Waals surface area contributed by atoms with Crippen LogP contribution in [0.1, 0.15) is 71.1 Å². The Balaban J connectivity index is 3.09. The van der Waals surface area contributed by atoms with Gasteiger partial charge in [0.15, 0.2) is 0 Å². The van der Waals surface area contributed by atoms with E-state index in [4.69, 9.17) is 19.3 Å². The number of ether oxygens (including phenoxy) is 4. The standard InChI is InChI=1S/C22H43NO7/c1-2-3-4-5-6-7-8-9-10-11-13-27-15-17-29-18-16-28-14-12-23-21(24)19-30-20-22(25)26/h2-20H2,1H3,(H,23,24)(H,25,26). The van der Waals surface area contributed by atoms with Crippen molar-refractivity contribution < 1.29 is 33.6 Å². The molecule has 0 rings (SSSR count). The van der Waals surface area contributed by atoms with Crippen molar-refractivity contribution in [2.75, 3.05) is 59.4 Å². The van der Waals surface area contributed by atoms with Crippen molar-refractivity contribution in [3.63, 3.8) is 0 Å². The Bertz CT molecular complexity index is 394. The zero-order chi connectivity index (χ0) is 22.1. The van der Waals surface area contributed by atoms with Crippen molar-refractivity contribution >= 4 is 11.9 Å². The van der Waals surface area contributed by atoms with Gasteiger partial charge in [-0.15, -0.1) is 0 Å². The number of carboxylic acids is 1. The molecule has 0 aromatic heterocycles. The van der Waals surface area contributed by atoms with Crippen LogP contribution in [0.2, 0.25) is 0 Å². The second-order valence-electron chi connectivity index (χ2n) is 7.26. The molecule has 0 saturated carbocycles. The summed E-state index contributed by atoms with van der Waals surface area (Å²) < 4.78 is 21.0. The van der Waals surface area contributed by atoms with Gasteiger partial charge in [-0.2, -0.15) is 0 Å².